The predicted octanol–water partition coefficient (Wildman–Crippen LogP) is 7.39. The van der Waals surface area contributed by atoms with Crippen LogP contribution >= 0.6 is 0 Å². The van der Waals surface area contributed by atoms with Gasteiger partial charge in [-0.2, -0.15) is 0 Å². The standard InChI is InChI=1S/C48H42O11/c49-38-18-28-13-27-4-5-43-48(53)37(27)17-35-25-47-40(51)20-30(35)15-32(28)23-45(38)57-9-8-56-44-22-31-12-26-2-1-3-42(54-6-7-55-43)36(26)16-34-21-41(52)46(58-10-11-59-47)24-33(34)14-29(31)19-39(44)50/h1-5,18-25,49-53H,6-17H2. The maximum atomic E-state index is 11.9. The van der Waals surface area contributed by atoms with E-state index in [1.165, 1.54) is 0 Å². The van der Waals surface area contributed by atoms with Crippen molar-refractivity contribution in [3.63, 3.8) is 0 Å². The topological polar surface area (TPSA) is 157 Å². The molecule has 2 aliphatic carbocycles. The molecule has 11 aliphatic rings. The summed E-state index contributed by atoms with van der Waals surface area (Å²) in [5.41, 5.74) is 10.3. The Kier molecular flexibility index (Phi) is 9.15. The van der Waals surface area contributed by atoms with Crippen LogP contribution in [0.4, 0.5) is 0 Å². The molecule has 0 saturated heterocycles. The summed E-state index contributed by atoms with van der Waals surface area (Å²) < 4.78 is 37.3. The van der Waals surface area contributed by atoms with Crippen molar-refractivity contribution in [1.82, 2.24) is 0 Å². The van der Waals surface area contributed by atoms with Crippen LogP contribution in [0, 0.1) is 0 Å². The first-order valence-corrected chi connectivity index (χ1v) is 19.8. The number of phenolic OH excluding ortho intramolecular Hbond substituents is 5. The lowest BCUT2D eigenvalue weighted by Gasteiger charge is -2.19. The Bertz CT molecular complexity index is 2650. The van der Waals surface area contributed by atoms with E-state index in [4.69, 9.17) is 28.4 Å². The van der Waals surface area contributed by atoms with Gasteiger partial charge in [-0.3, -0.25) is 0 Å². The van der Waals surface area contributed by atoms with Gasteiger partial charge in [0.25, 0.3) is 0 Å². The van der Waals surface area contributed by atoms with E-state index in [0.29, 0.717) is 61.3 Å². The molecule has 9 heterocycles. The highest BCUT2D eigenvalue weighted by Crippen LogP contribution is 2.43. The van der Waals surface area contributed by atoms with Crippen molar-refractivity contribution in [2.75, 3.05) is 39.6 Å². The van der Waals surface area contributed by atoms with E-state index < -0.39 is 0 Å². The van der Waals surface area contributed by atoms with Gasteiger partial charge >= 0.3 is 0 Å². The summed E-state index contributed by atoms with van der Waals surface area (Å²) in [6.45, 7) is 0.587. The van der Waals surface area contributed by atoms with E-state index in [-0.39, 0.29) is 85.6 Å². The van der Waals surface area contributed by atoms with Gasteiger partial charge in [-0.25, -0.2) is 0 Å². The Labute approximate surface area is 340 Å². The minimum absolute atomic E-state index is 0.00197. The molecule has 300 valence electrons. The average molecular weight is 795 g/mol. The Morgan fingerprint density at radius 3 is 1.10 bits per heavy atom. The second-order valence-corrected chi connectivity index (χ2v) is 15.4. The van der Waals surface area contributed by atoms with Crippen molar-refractivity contribution in [3.05, 3.63) is 146 Å². The first-order valence-electron chi connectivity index (χ1n) is 19.8. The van der Waals surface area contributed by atoms with Crippen LogP contribution in [0.5, 0.6) is 63.2 Å². The highest BCUT2D eigenvalue weighted by Gasteiger charge is 2.25. The second kappa shape index (κ2) is 14.8. The van der Waals surface area contributed by atoms with E-state index in [1.54, 1.807) is 36.4 Å². The fraction of sp³-hybridized carbons (Fsp3) is 0.250. The van der Waals surface area contributed by atoms with E-state index in [9.17, 15) is 25.5 Å². The zero-order valence-corrected chi connectivity index (χ0v) is 32.2. The third kappa shape index (κ3) is 6.96. The summed E-state index contributed by atoms with van der Waals surface area (Å²) in [7, 11) is 0. The summed E-state index contributed by atoms with van der Waals surface area (Å²) >= 11 is 0. The van der Waals surface area contributed by atoms with Crippen LogP contribution in [0.2, 0.25) is 0 Å². The quantitative estimate of drug-likeness (QED) is 0.104. The van der Waals surface area contributed by atoms with Gasteiger partial charge in [0.2, 0.25) is 0 Å². The molecule has 0 fully saturated rings. The zero-order chi connectivity index (χ0) is 40.2. The molecule has 0 atom stereocenters. The number of fused-ring (bicyclic) bond motifs is 2. The van der Waals surface area contributed by atoms with E-state index in [1.807, 2.05) is 36.4 Å². The molecule has 59 heavy (non-hydrogen) atoms. The van der Waals surface area contributed by atoms with Crippen LogP contribution in [0.3, 0.4) is 0 Å². The van der Waals surface area contributed by atoms with Gasteiger partial charge in [-0.1, -0.05) is 18.2 Å². The fourth-order valence-electron chi connectivity index (χ4n) is 8.75. The first-order chi connectivity index (χ1) is 28.7. The molecule has 0 spiro atoms. The second-order valence-electron chi connectivity index (χ2n) is 15.4. The minimum Gasteiger partial charge on any atom is -0.504 e. The van der Waals surface area contributed by atoms with E-state index in [2.05, 4.69) is 6.07 Å². The summed E-state index contributed by atoms with van der Waals surface area (Å²) in [6, 6.07) is 23.7. The molecule has 11 heteroatoms. The maximum absolute atomic E-state index is 11.9. The third-order valence-electron chi connectivity index (χ3n) is 11.8. The zero-order valence-electron chi connectivity index (χ0n) is 32.2. The molecule has 0 amide bonds. The number of hydrogen-bond donors (Lipinski definition) is 5. The molecule has 0 unspecified atom stereocenters. The highest BCUT2D eigenvalue weighted by molar-refractivity contribution is 5.60. The number of hydrogen-bond acceptors (Lipinski definition) is 11. The largest absolute Gasteiger partial charge is 0.504 e. The summed E-state index contributed by atoms with van der Waals surface area (Å²) in [6.07, 6.45) is 2.45. The van der Waals surface area contributed by atoms with Crippen molar-refractivity contribution in [3.8, 4) is 63.2 Å². The smallest absolute Gasteiger partial charge is 0.161 e. The van der Waals surface area contributed by atoms with Gasteiger partial charge in [0, 0.05) is 24.0 Å². The molecule has 5 N–H and O–H groups in total. The van der Waals surface area contributed by atoms with Crippen LogP contribution in [-0.2, 0) is 38.5 Å². The van der Waals surface area contributed by atoms with Crippen LogP contribution < -0.4 is 28.4 Å². The first kappa shape index (κ1) is 36.5. The monoisotopic (exact) mass is 794 g/mol. The molecule has 11 nitrogen and oxygen atoms in total. The van der Waals surface area contributed by atoms with E-state index in [0.717, 1.165) is 61.2 Å². The molecule has 0 aromatic heterocycles. The fourth-order valence-corrected chi connectivity index (χ4v) is 8.75. The van der Waals surface area contributed by atoms with Crippen LogP contribution in [0.15, 0.2) is 78.9 Å². The predicted molar refractivity (Wildman–Crippen MR) is 217 cm³/mol. The maximum Gasteiger partial charge on any atom is 0.161 e. The van der Waals surface area contributed by atoms with Gasteiger partial charge in [0.1, 0.15) is 45.4 Å². The summed E-state index contributed by atoms with van der Waals surface area (Å²) in [4.78, 5) is 0. The third-order valence-corrected chi connectivity index (χ3v) is 11.8. The number of aromatic hydroxyl groups is 5. The molecule has 6 aromatic rings. The highest BCUT2D eigenvalue weighted by atomic mass is 16.5. The summed E-state index contributed by atoms with van der Waals surface area (Å²) in [5.74, 6) is 1.91. The van der Waals surface area contributed by atoms with Crippen LogP contribution in [0.1, 0.15) is 66.8 Å². The van der Waals surface area contributed by atoms with E-state index >= 15 is 0 Å². The normalized spacial score (nSPS) is 15.5. The number of phenols is 5. The SMILES string of the molecule is Oc1cc2c3cc1OCCOc1cc4c(cc1O)Cc1cc5c(O)cc1Cc1c(cccc1OCCOc1ccc(c(c1O)Cc1cc(c(O)cc1C3)OCCO5)C2)C4. The lowest BCUT2D eigenvalue weighted by Crippen LogP contribution is -2.12. The molecule has 0 saturated carbocycles. The lowest BCUT2D eigenvalue weighted by molar-refractivity contribution is 0.207. The van der Waals surface area contributed by atoms with Crippen molar-refractivity contribution in [2.24, 2.45) is 0 Å². The van der Waals surface area contributed by atoms with Crippen molar-refractivity contribution in [2.45, 2.75) is 38.5 Å². The Hall–Kier alpha value is -6.88. The van der Waals surface area contributed by atoms with Gasteiger partial charge in [-0.15, -0.1) is 0 Å². The van der Waals surface area contributed by atoms with Gasteiger partial charge in [-0.05, 0) is 142 Å². The number of benzene rings is 6. The molecular formula is C48H42O11. The van der Waals surface area contributed by atoms with Crippen molar-refractivity contribution < 1.29 is 54.0 Å². The summed E-state index contributed by atoms with van der Waals surface area (Å²) in [5, 5.41) is 57.1. The number of ether oxygens (including phenoxy) is 6. The Balaban J connectivity index is 1.17. The lowest BCUT2D eigenvalue weighted by atomic mass is 9.93. The van der Waals surface area contributed by atoms with Crippen LogP contribution in [0.25, 0.3) is 0 Å². The van der Waals surface area contributed by atoms with Crippen molar-refractivity contribution >= 4 is 0 Å². The van der Waals surface area contributed by atoms with Gasteiger partial charge in [0.15, 0.2) is 57.5 Å². The van der Waals surface area contributed by atoms with Crippen molar-refractivity contribution in [1.29, 1.82) is 0 Å². The minimum atomic E-state index is -0.0632. The molecule has 9 aliphatic heterocycles. The molecular weight excluding hydrogens is 753 g/mol. The molecule has 18 bridgehead atoms. The number of rotatable bonds is 0. The molecule has 0 radical (unpaired) electrons. The van der Waals surface area contributed by atoms with Gasteiger partial charge in [0.05, 0.1) is 0 Å². The Morgan fingerprint density at radius 1 is 0.288 bits per heavy atom. The Morgan fingerprint density at radius 2 is 0.627 bits per heavy atom. The molecule has 17 rings (SSSR count). The van der Waals surface area contributed by atoms with Crippen LogP contribution in [-0.4, -0.2) is 65.2 Å². The van der Waals surface area contributed by atoms with Gasteiger partial charge < -0.3 is 54.0 Å². The molecule has 6 aromatic carbocycles. The average Bonchev–Trinajstić information content (AvgIpc) is 3.31.